The fourth-order valence-corrected chi connectivity index (χ4v) is 2.20. The molecule has 1 atom stereocenters. The molecule has 8 heteroatoms. The molecular weight excluding hydrogens is 278 g/mol. The summed E-state index contributed by atoms with van der Waals surface area (Å²) in [5, 5.41) is 14.1. The number of hydrogen-bond donors (Lipinski definition) is 2. The number of anilines is 1. The van der Waals surface area contributed by atoms with Crippen LogP contribution in [-0.4, -0.2) is 43.3 Å². The Morgan fingerprint density at radius 1 is 1.62 bits per heavy atom. The number of rotatable bonds is 6. The molecule has 0 aliphatic carbocycles. The van der Waals surface area contributed by atoms with Crippen molar-refractivity contribution in [2.45, 2.75) is 12.0 Å². The minimum absolute atomic E-state index is 0.0953. The largest absolute Gasteiger partial charge is 0.378 e. The Bertz CT molecular complexity index is 555. The van der Waals surface area contributed by atoms with Gasteiger partial charge in [-0.15, -0.1) is 0 Å². The van der Waals surface area contributed by atoms with E-state index in [2.05, 4.69) is 5.32 Å². The third kappa shape index (κ3) is 3.29. The lowest BCUT2D eigenvalue weighted by Gasteiger charge is -2.26. The van der Waals surface area contributed by atoms with Crippen molar-refractivity contribution in [1.82, 2.24) is 0 Å². The molecule has 0 radical (unpaired) electrons. The Labute approximate surface area is 121 Å². The number of nitrogens with two attached hydrogens (primary N) is 1. The normalized spacial score (nSPS) is 21.2. The van der Waals surface area contributed by atoms with Crippen LogP contribution in [0.4, 0.5) is 11.4 Å². The second kappa shape index (κ2) is 6.06. The highest BCUT2D eigenvalue weighted by atomic mass is 16.6. The van der Waals surface area contributed by atoms with Gasteiger partial charge in [0.2, 0.25) is 5.91 Å². The lowest BCUT2D eigenvalue weighted by Crippen LogP contribution is -2.39. The fourth-order valence-electron chi connectivity index (χ4n) is 2.20. The van der Waals surface area contributed by atoms with E-state index in [9.17, 15) is 14.9 Å². The molecule has 1 aliphatic heterocycles. The Morgan fingerprint density at radius 2 is 2.38 bits per heavy atom. The number of nitro benzene ring substituents is 1. The summed E-state index contributed by atoms with van der Waals surface area (Å²) in [6, 6.07) is 4.08. The van der Waals surface area contributed by atoms with Gasteiger partial charge in [0.25, 0.3) is 5.69 Å². The van der Waals surface area contributed by atoms with Crippen LogP contribution in [0.1, 0.15) is 16.8 Å². The number of carbonyl (C=O) groups is 1. The highest BCUT2D eigenvalue weighted by Gasteiger charge is 2.35. The number of nitro groups is 1. The number of ether oxygens (including phenoxy) is 2. The average Bonchev–Trinajstić information content (AvgIpc) is 2.94. The molecule has 0 aromatic heterocycles. The Balaban J connectivity index is 2.19. The summed E-state index contributed by atoms with van der Waals surface area (Å²) in [7, 11) is 1.58. The maximum absolute atomic E-state index is 11.1. The number of nitrogens with one attached hydrogen (secondary N) is 1. The van der Waals surface area contributed by atoms with Crippen molar-refractivity contribution in [2.24, 2.45) is 5.73 Å². The monoisotopic (exact) mass is 295 g/mol. The molecule has 0 saturated carbocycles. The predicted octanol–water partition coefficient (Wildman–Crippen LogP) is 0.911. The Hall–Kier alpha value is -2.19. The zero-order valence-corrected chi connectivity index (χ0v) is 11.6. The van der Waals surface area contributed by atoms with Crippen LogP contribution < -0.4 is 11.1 Å². The van der Waals surface area contributed by atoms with Crippen molar-refractivity contribution in [3.8, 4) is 0 Å². The molecule has 3 N–H and O–H groups in total. The van der Waals surface area contributed by atoms with Gasteiger partial charge in [0.15, 0.2) is 0 Å². The summed E-state index contributed by atoms with van der Waals surface area (Å²) in [4.78, 5) is 21.6. The SMILES string of the molecule is COC1(CNc2ccc(C(N)=O)cc2[N+](=O)[O-])CCOC1. The summed E-state index contributed by atoms with van der Waals surface area (Å²) in [5.41, 5.74) is 4.85. The van der Waals surface area contributed by atoms with Gasteiger partial charge >= 0.3 is 0 Å². The number of methoxy groups -OCH3 is 1. The van der Waals surface area contributed by atoms with Crippen LogP contribution in [0, 0.1) is 10.1 Å². The van der Waals surface area contributed by atoms with Crippen molar-refractivity contribution >= 4 is 17.3 Å². The van der Waals surface area contributed by atoms with Gasteiger partial charge in [-0.2, -0.15) is 0 Å². The lowest BCUT2D eigenvalue weighted by molar-refractivity contribution is -0.384. The molecule has 0 bridgehead atoms. The molecule has 114 valence electrons. The van der Waals surface area contributed by atoms with E-state index < -0.39 is 16.4 Å². The maximum Gasteiger partial charge on any atom is 0.293 e. The third-order valence-electron chi connectivity index (χ3n) is 3.58. The highest BCUT2D eigenvalue weighted by molar-refractivity contribution is 5.94. The number of hydrogen-bond acceptors (Lipinski definition) is 6. The van der Waals surface area contributed by atoms with Crippen molar-refractivity contribution in [3.63, 3.8) is 0 Å². The molecule has 1 fully saturated rings. The van der Waals surface area contributed by atoms with Crippen LogP contribution in [0.5, 0.6) is 0 Å². The van der Waals surface area contributed by atoms with E-state index in [1.165, 1.54) is 12.1 Å². The summed E-state index contributed by atoms with van der Waals surface area (Å²) >= 11 is 0. The molecule has 21 heavy (non-hydrogen) atoms. The van der Waals surface area contributed by atoms with Crippen molar-refractivity contribution in [2.75, 3.05) is 32.2 Å². The highest BCUT2D eigenvalue weighted by Crippen LogP contribution is 2.28. The first kappa shape index (κ1) is 15.2. The van der Waals surface area contributed by atoms with E-state index in [1.54, 1.807) is 7.11 Å². The molecular formula is C13H17N3O5. The molecule has 1 unspecified atom stereocenters. The first-order chi connectivity index (χ1) is 9.97. The van der Waals surface area contributed by atoms with E-state index in [0.717, 1.165) is 6.07 Å². The molecule has 8 nitrogen and oxygen atoms in total. The van der Waals surface area contributed by atoms with Crippen LogP contribution in [0.15, 0.2) is 18.2 Å². The summed E-state index contributed by atoms with van der Waals surface area (Å²) in [5.74, 6) is -0.706. The van der Waals surface area contributed by atoms with Crippen LogP contribution in [0.25, 0.3) is 0 Å². The Kier molecular flexibility index (Phi) is 4.39. The minimum atomic E-state index is -0.706. The Morgan fingerprint density at radius 3 is 2.90 bits per heavy atom. The quantitative estimate of drug-likeness (QED) is 0.595. The molecule has 1 saturated heterocycles. The van der Waals surface area contributed by atoms with E-state index in [1.807, 2.05) is 0 Å². The van der Waals surface area contributed by atoms with Gasteiger partial charge in [-0.3, -0.25) is 14.9 Å². The number of nitrogens with zero attached hydrogens (tertiary/aromatic N) is 1. The maximum atomic E-state index is 11.1. The molecule has 1 heterocycles. The van der Waals surface area contributed by atoms with Crippen LogP contribution in [0.2, 0.25) is 0 Å². The molecule has 2 rings (SSSR count). The summed E-state index contributed by atoms with van der Waals surface area (Å²) in [6.07, 6.45) is 0.712. The van der Waals surface area contributed by atoms with Gasteiger partial charge < -0.3 is 20.5 Å². The molecule has 1 aromatic carbocycles. The second-order valence-corrected chi connectivity index (χ2v) is 4.90. The van der Waals surface area contributed by atoms with Crippen LogP contribution in [0.3, 0.4) is 0 Å². The molecule has 1 aliphatic rings. The van der Waals surface area contributed by atoms with E-state index in [0.29, 0.717) is 31.9 Å². The standard InChI is InChI=1S/C13H17N3O5/c1-20-13(4-5-21-8-13)7-15-10-3-2-9(12(14)17)6-11(10)16(18)19/h2-3,6,15H,4-5,7-8H2,1H3,(H2,14,17). The van der Waals surface area contributed by atoms with Gasteiger partial charge in [-0.25, -0.2) is 0 Å². The summed E-state index contributed by atoms with van der Waals surface area (Å²) in [6.45, 7) is 1.40. The van der Waals surface area contributed by atoms with Gasteiger partial charge in [0, 0.05) is 38.3 Å². The molecule has 0 spiro atoms. The van der Waals surface area contributed by atoms with Gasteiger partial charge in [-0.05, 0) is 12.1 Å². The second-order valence-electron chi connectivity index (χ2n) is 4.90. The predicted molar refractivity (Wildman–Crippen MR) is 75.3 cm³/mol. The first-order valence-corrected chi connectivity index (χ1v) is 6.42. The van der Waals surface area contributed by atoms with Crippen LogP contribution in [-0.2, 0) is 9.47 Å². The van der Waals surface area contributed by atoms with Gasteiger partial charge in [0.05, 0.1) is 11.5 Å². The van der Waals surface area contributed by atoms with Gasteiger partial charge in [0.1, 0.15) is 11.3 Å². The van der Waals surface area contributed by atoms with Crippen molar-refractivity contribution in [1.29, 1.82) is 0 Å². The summed E-state index contributed by atoms with van der Waals surface area (Å²) < 4.78 is 10.8. The topological polar surface area (TPSA) is 117 Å². The lowest BCUT2D eigenvalue weighted by atomic mass is 10.0. The number of amides is 1. The zero-order chi connectivity index (χ0) is 15.5. The van der Waals surface area contributed by atoms with E-state index >= 15 is 0 Å². The molecule has 1 amide bonds. The van der Waals surface area contributed by atoms with Gasteiger partial charge in [-0.1, -0.05) is 0 Å². The van der Waals surface area contributed by atoms with Crippen LogP contribution >= 0.6 is 0 Å². The number of carbonyl (C=O) groups excluding carboxylic acids is 1. The molecule has 1 aromatic rings. The smallest absolute Gasteiger partial charge is 0.293 e. The number of benzene rings is 1. The first-order valence-electron chi connectivity index (χ1n) is 6.42. The number of primary amides is 1. The minimum Gasteiger partial charge on any atom is -0.378 e. The van der Waals surface area contributed by atoms with Crippen molar-refractivity contribution in [3.05, 3.63) is 33.9 Å². The van der Waals surface area contributed by atoms with Crippen molar-refractivity contribution < 1.29 is 19.2 Å². The average molecular weight is 295 g/mol. The zero-order valence-electron chi connectivity index (χ0n) is 11.6. The fraction of sp³-hybridized carbons (Fsp3) is 0.462. The van der Waals surface area contributed by atoms with E-state index in [4.69, 9.17) is 15.2 Å². The van der Waals surface area contributed by atoms with E-state index in [-0.39, 0.29) is 11.3 Å². The third-order valence-corrected chi connectivity index (χ3v) is 3.58.